The van der Waals surface area contributed by atoms with Gasteiger partial charge in [-0.3, -0.25) is 9.36 Å². The van der Waals surface area contributed by atoms with Gasteiger partial charge in [-0.2, -0.15) is 4.98 Å². The molecule has 3 aromatic rings. The van der Waals surface area contributed by atoms with Gasteiger partial charge >= 0.3 is 11.7 Å². The maximum absolute atomic E-state index is 12.7. The number of carbonyl (C=O) groups excluding carboxylic acids is 2. The van der Waals surface area contributed by atoms with E-state index in [-0.39, 0.29) is 17.3 Å². The molecule has 0 bridgehead atoms. The molecule has 0 saturated heterocycles. The molecule has 2 aromatic heterocycles. The van der Waals surface area contributed by atoms with Crippen molar-refractivity contribution in [2.75, 3.05) is 18.2 Å². The number of thiophene rings is 1. The second kappa shape index (κ2) is 9.49. The van der Waals surface area contributed by atoms with E-state index in [4.69, 9.17) is 0 Å². The Morgan fingerprint density at radius 1 is 1.23 bits per heavy atom. The molecule has 7 nitrogen and oxygen atoms in total. The zero-order valence-electron chi connectivity index (χ0n) is 16.9. The second-order valence-corrected chi connectivity index (χ2v) is 9.05. The average molecular weight is 456 g/mol. The van der Waals surface area contributed by atoms with Crippen LogP contribution in [-0.4, -0.2) is 34.3 Å². The van der Waals surface area contributed by atoms with E-state index in [2.05, 4.69) is 15.0 Å². The summed E-state index contributed by atoms with van der Waals surface area (Å²) in [5.74, 6) is -0.485. The molecule has 1 aliphatic rings. The lowest BCUT2D eigenvalue weighted by Crippen LogP contribution is -2.27. The maximum atomic E-state index is 12.7. The highest BCUT2D eigenvalue weighted by atomic mass is 32.2. The molecule has 1 amide bonds. The van der Waals surface area contributed by atoms with Gasteiger partial charge in [0.1, 0.15) is 5.03 Å². The van der Waals surface area contributed by atoms with Crippen molar-refractivity contribution >= 4 is 40.7 Å². The lowest BCUT2D eigenvalue weighted by molar-refractivity contribution is -0.113. The van der Waals surface area contributed by atoms with Gasteiger partial charge in [0.15, 0.2) is 0 Å². The lowest BCUT2D eigenvalue weighted by atomic mass is 10.2. The van der Waals surface area contributed by atoms with Crippen LogP contribution in [0.1, 0.15) is 32.9 Å². The van der Waals surface area contributed by atoms with Gasteiger partial charge < -0.3 is 10.1 Å². The normalized spacial score (nSPS) is 12.4. The van der Waals surface area contributed by atoms with Gasteiger partial charge in [-0.05, 0) is 55.0 Å². The number of thioether (sulfide) groups is 1. The number of benzene rings is 1. The highest BCUT2D eigenvalue weighted by Gasteiger charge is 2.22. The van der Waals surface area contributed by atoms with Crippen molar-refractivity contribution < 1.29 is 14.3 Å². The molecular weight excluding hydrogens is 434 g/mol. The number of nitrogens with one attached hydrogen (secondary N) is 1. The molecule has 0 atom stereocenters. The van der Waals surface area contributed by atoms with Crippen molar-refractivity contribution in [1.82, 2.24) is 9.55 Å². The minimum Gasteiger partial charge on any atom is -0.465 e. The standard InChI is InChI=1S/C22H21N3O4S2/c1-29-21(27)14-7-9-15(10-8-14)23-19(26)13-31-20-17-5-2-6-18(17)25(22(28)24-20)12-16-4-3-11-30-16/h3-4,7-11H,2,5-6,12-13H2,1H3,(H,23,26). The monoisotopic (exact) mass is 455 g/mol. The summed E-state index contributed by atoms with van der Waals surface area (Å²) >= 11 is 2.91. The van der Waals surface area contributed by atoms with Crippen LogP contribution in [0.3, 0.4) is 0 Å². The molecule has 1 N–H and O–H groups in total. The van der Waals surface area contributed by atoms with Crippen molar-refractivity contribution in [2.24, 2.45) is 0 Å². The van der Waals surface area contributed by atoms with Crippen molar-refractivity contribution in [3.05, 3.63) is 74.0 Å². The molecular formula is C22H21N3O4S2. The van der Waals surface area contributed by atoms with E-state index >= 15 is 0 Å². The van der Waals surface area contributed by atoms with E-state index < -0.39 is 5.97 Å². The number of esters is 1. The number of hydrogen-bond donors (Lipinski definition) is 1. The number of carbonyl (C=O) groups is 2. The van der Waals surface area contributed by atoms with Gasteiger partial charge in [0, 0.05) is 21.8 Å². The molecule has 0 unspecified atom stereocenters. The molecule has 0 spiro atoms. The summed E-state index contributed by atoms with van der Waals surface area (Å²) in [6.45, 7) is 0.541. The highest BCUT2D eigenvalue weighted by molar-refractivity contribution is 8.00. The molecule has 0 saturated carbocycles. The Morgan fingerprint density at radius 3 is 2.74 bits per heavy atom. The maximum Gasteiger partial charge on any atom is 0.349 e. The Bertz CT molecular complexity index is 1150. The highest BCUT2D eigenvalue weighted by Crippen LogP contribution is 2.29. The van der Waals surface area contributed by atoms with E-state index in [0.717, 1.165) is 35.4 Å². The van der Waals surface area contributed by atoms with Crippen molar-refractivity contribution in [3.8, 4) is 0 Å². The number of methoxy groups -OCH3 is 1. The van der Waals surface area contributed by atoms with E-state index in [1.165, 1.54) is 18.9 Å². The minimum atomic E-state index is -0.429. The van der Waals surface area contributed by atoms with Crippen LogP contribution >= 0.6 is 23.1 Å². The molecule has 4 rings (SSSR count). The minimum absolute atomic E-state index is 0.145. The van der Waals surface area contributed by atoms with E-state index in [9.17, 15) is 14.4 Å². The Labute approximate surface area is 187 Å². The molecule has 1 aliphatic carbocycles. The quantitative estimate of drug-likeness (QED) is 0.334. The topological polar surface area (TPSA) is 90.3 Å². The van der Waals surface area contributed by atoms with Crippen LogP contribution in [0.4, 0.5) is 5.69 Å². The van der Waals surface area contributed by atoms with Gasteiger partial charge in [0.05, 0.1) is 25.0 Å². The Morgan fingerprint density at radius 2 is 2.03 bits per heavy atom. The van der Waals surface area contributed by atoms with Gasteiger partial charge in [-0.25, -0.2) is 9.59 Å². The third kappa shape index (κ3) is 4.88. The van der Waals surface area contributed by atoms with Crippen LogP contribution in [0.15, 0.2) is 51.6 Å². The van der Waals surface area contributed by atoms with E-state index in [1.807, 2.05) is 17.5 Å². The summed E-state index contributed by atoms with van der Waals surface area (Å²) < 4.78 is 6.43. The molecule has 2 heterocycles. The average Bonchev–Trinajstić information content (AvgIpc) is 3.46. The van der Waals surface area contributed by atoms with Crippen molar-refractivity contribution in [3.63, 3.8) is 0 Å². The number of fused-ring (bicyclic) bond motifs is 1. The smallest absolute Gasteiger partial charge is 0.349 e. The molecule has 9 heteroatoms. The zero-order chi connectivity index (χ0) is 21.8. The lowest BCUT2D eigenvalue weighted by Gasteiger charge is -2.13. The molecule has 0 fully saturated rings. The number of amides is 1. The number of rotatable bonds is 7. The molecule has 0 radical (unpaired) electrons. The SMILES string of the molecule is COC(=O)c1ccc(NC(=O)CSc2nc(=O)n(Cc3cccs3)c3c2CCC3)cc1. The molecule has 0 aliphatic heterocycles. The number of nitrogens with zero attached hydrogens (tertiary/aromatic N) is 2. The summed E-state index contributed by atoms with van der Waals surface area (Å²) in [6, 6.07) is 10.5. The van der Waals surface area contributed by atoms with Crippen LogP contribution in [-0.2, 0) is 28.9 Å². The Kier molecular flexibility index (Phi) is 6.53. The fraction of sp³-hybridized carbons (Fsp3) is 0.273. The summed E-state index contributed by atoms with van der Waals surface area (Å²) in [5, 5.41) is 5.45. The Hall–Kier alpha value is -2.91. The van der Waals surface area contributed by atoms with Crippen molar-refractivity contribution in [1.29, 1.82) is 0 Å². The zero-order valence-corrected chi connectivity index (χ0v) is 18.6. The number of hydrogen-bond acceptors (Lipinski definition) is 7. The predicted octanol–water partition coefficient (Wildman–Crippen LogP) is 3.36. The number of ether oxygens (including phenoxy) is 1. The predicted molar refractivity (Wildman–Crippen MR) is 121 cm³/mol. The fourth-order valence-corrected chi connectivity index (χ4v) is 5.13. The van der Waals surface area contributed by atoms with Gasteiger partial charge in [0.2, 0.25) is 5.91 Å². The summed E-state index contributed by atoms with van der Waals surface area (Å²) in [7, 11) is 1.32. The third-order valence-corrected chi connectivity index (χ3v) is 6.90. The number of aromatic nitrogens is 2. The van der Waals surface area contributed by atoms with Crippen LogP contribution in [0.25, 0.3) is 0 Å². The third-order valence-electron chi connectivity index (χ3n) is 5.02. The molecule has 31 heavy (non-hydrogen) atoms. The second-order valence-electron chi connectivity index (χ2n) is 7.05. The summed E-state index contributed by atoms with van der Waals surface area (Å²) in [5.41, 5.74) is 2.85. The fourth-order valence-electron chi connectivity index (χ4n) is 3.57. The largest absolute Gasteiger partial charge is 0.465 e. The number of anilines is 1. The first-order chi connectivity index (χ1) is 15.0. The van der Waals surface area contributed by atoms with Crippen LogP contribution < -0.4 is 11.0 Å². The first-order valence-corrected chi connectivity index (χ1v) is 11.7. The first-order valence-electron chi connectivity index (χ1n) is 9.81. The van der Waals surface area contributed by atoms with Gasteiger partial charge in [-0.15, -0.1) is 11.3 Å². The van der Waals surface area contributed by atoms with E-state index in [0.29, 0.717) is 22.8 Å². The molecule has 1 aromatic carbocycles. The molecule has 160 valence electrons. The van der Waals surface area contributed by atoms with Crippen molar-refractivity contribution in [2.45, 2.75) is 30.8 Å². The summed E-state index contributed by atoms with van der Waals surface area (Å²) in [6.07, 6.45) is 2.70. The van der Waals surface area contributed by atoms with E-state index in [1.54, 1.807) is 40.2 Å². The Balaban J connectivity index is 1.43. The van der Waals surface area contributed by atoms with Crippen LogP contribution in [0, 0.1) is 0 Å². The van der Waals surface area contributed by atoms with Crippen LogP contribution in [0.2, 0.25) is 0 Å². The van der Waals surface area contributed by atoms with Gasteiger partial charge in [-0.1, -0.05) is 17.8 Å². The summed E-state index contributed by atoms with van der Waals surface area (Å²) in [4.78, 5) is 42.0. The van der Waals surface area contributed by atoms with Crippen LogP contribution in [0.5, 0.6) is 0 Å². The van der Waals surface area contributed by atoms with Gasteiger partial charge in [0.25, 0.3) is 0 Å². The first kappa shape index (κ1) is 21.3.